The summed E-state index contributed by atoms with van der Waals surface area (Å²) in [4.78, 5) is 20.7. The van der Waals surface area contributed by atoms with E-state index in [1.807, 2.05) is 32.2 Å². The third kappa shape index (κ3) is 5.28. The molecule has 0 saturated carbocycles. The number of nitrogens with one attached hydrogen (secondary N) is 2. The summed E-state index contributed by atoms with van der Waals surface area (Å²) in [6.45, 7) is 6.05. The minimum absolute atomic E-state index is 0.317. The highest BCUT2D eigenvalue weighted by molar-refractivity contribution is 7.09. The largest absolute Gasteiger partial charge is 0.437 e. The normalized spacial score (nSPS) is 15.3. The van der Waals surface area contributed by atoms with E-state index in [1.165, 1.54) is 0 Å². The summed E-state index contributed by atoms with van der Waals surface area (Å²) in [5.74, 6) is 2.82. The SMILES string of the molecule is Cc1nc(N(C)c2cccc3c(Oc4ncccc4-c4ccnc(N[C@H]5CCCNC5)n4)c(C)ccc23)cs1. The number of fused-ring (bicyclic) bond motifs is 1. The number of aromatic nitrogens is 4. The third-order valence-electron chi connectivity index (χ3n) is 7.03. The molecule has 1 saturated heterocycles. The van der Waals surface area contributed by atoms with E-state index in [4.69, 9.17) is 9.72 Å². The zero-order chi connectivity index (χ0) is 26.8. The average molecular weight is 538 g/mol. The van der Waals surface area contributed by atoms with Crippen molar-refractivity contribution in [3.63, 3.8) is 0 Å². The highest BCUT2D eigenvalue weighted by Crippen LogP contribution is 2.40. The van der Waals surface area contributed by atoms with Crippen LogP contribution in [0.3, 0.4) is 0 Å². The number of ether oxygens (including phenoxy) is 1. The number of rotatable bonds is 7. The Morgan fingerprint density at radius 3 is 2.74 bits per heavy atom. The molecule has 0 radical (unpaired) electrons. The number of anilines is 3. The van der Waals surface area contributed by atoms with Gasteiger partial charge in [-0.05, 0) is 63.1 Å². The summed E-state index contributed by atoms with van der Waals surface area (Å²) >= 11 is 1.65. The molecule has 8 nitrogen and oxygen atoms in total. The molecule has 0 bridgehead atoms. The van der Waals surface area contributed by atoms with Crippen LogP contribution in [0.15, 0.2) is 66.3 Å². The number of pyridine rings is 1. The maximum Gasteiger partial charge on any atom is 0.228 e. The predicted octanol–water partition coefficient (Wildman–Crippen LogP) is 6.49. The van der Waals surface area contributed by atoms with Crippen LogP contribution >= 0.6 is 11.3 Å². The molecule has 3 aromatic heterocycles. The van der Waals surface area contributed by atoms with Crippen LogP contribution in [0, 0.1) is 13.8 Å². The molecule has 4 heterocycles. The lowest BCUT2D eigenvalue weighted by Gasteiger charge is -2.23. The van der Waals surface area contributed by atoms with Gasteiger partial charge >= 0.3 is 0 Å². The molecule has 6 rings (SSSR count). The van der Waals surface area contributed by atoms with Gasteiger partial charge in [0.2, 0.25) is 11.8 Å². The molecule has 2 aromatic carbocycles. The van der Waals surface area contributed by atoms with Crippen molar-refractivity contribution < 1.29 is 4.74 Å². The Bertz CT molecular complexity index is 1610. The Morgan fingerprint density at radius 2 is 1.92 bits per heavy atom. The molecule has 198 valence electrons. The summed E-state index contributed by atoms with van der Waals surface area (Å²) in [7, 11) is 2.05. The summed E-state index contributed by atoms with van der Waals surface area (Å²) < 4.78 is 6.61. The second-order valence-electron chi connectivity index (χ2n) is 9.78. The molecule has 5 aromatic rings. The molecule has 9 heteroatoms. The predicted molar refractivity (Wildman–Crippen MR) is 158 cm³/mol. The zero-order valence-electron chi connectivity index (χ0n) is 22.3. The van der Waals surface area contributed by atoms with Crippen molar-refractivity contribution in [2.24, 2.45) is 0 Å². The molecule has 0 unspecified atom stereocenters. The van der Waals surface area contributed by atoms with Crippen LogP contribution in [0.5, 0.6) is 11.6 Å². The Hall–Kier alpha value is -4.08. The van der Waals surface area contributed by atoms with Crippen molar-refractivity contribution >= 4 is 39.6 Å². The zero-order valence-corrected chi connectivity index (χ0v) is 23.1. The second kappa shape index (κ2) is 11.0. The van der Waals surface area contributed by atoms with Gasteiger partial charge in [-0.2, -0.15) is 0 Å². The topological polar surface area (TPSA) is 88.1 Å². The molecule has 1 aliphatic heterocycles. The van der Waals surface area contributed by atoms with Crippen molar-refractivity contribution in [2.45, 2.75) is 32.7 Å². The lowest BCUT2D eigenvalue weighted by molar-refractivity contribution is 0.466. The smallest absolute Gasteiger partial charge is 0.228 e. The number of piperidine rings is 1. The van der Waals surface area contributed by atoms with E-state index in [2.05, 4.69) is 73.1 Å². The van der Waals surface area contributed by atoms with Gasteiger partial charge in [0, 0.05) is 48.2 Å². The van der Waals surface area contributed by atoms with E-state index in [1.54, 1.807) is 23.7 Å². The van der Waals surface area contributed by atoms with Crippen LogP contribution in [0.1, 0.15) is 23.4 Å². The van der Waals surface area contributed by atoms with Crippen LogP contribution < -0.4 is 20.3 Å². The Morgan fingerprint density at radius 1 is 1.00 bits per heavy atom. The summed E-state index contributed by atoms with van der Waals surface area (Å²) in [5.41, 5.74) is 3.66. The van der Waals surface area contributed by atoms with Crippen LogP contribution in [0.4, 0.5) is 17.5 Å². The molecule has 0 aliphatic carbocycles. The van der Waals surface area contributed by atoms with E-state index in [0.717, 1.165) is 75.8 Å². The van der Waals surface area contributed by atoms with E-state index in [-0.39, 0.29) is 0 Å². The number of thiazole rings is 1. The van der Waals surface area contributed by atoms with Crippen molar-refractivity contribution in [1.29, 1.82) is 0 Å². The fourth-order valence-corrected chi connectivity index (χ4v) is 5.61. The van der Waals surface area contributed by atoms with E-state index < -0.39 is 0 Å². The lowest BCUT2D eigenvalue weighted by Crippen LogP contribution is -2.38. The third-order valence-corrected chi connectivity index (χ3v) is 7.79. The highest BCUT2D eigenvalue weighted by Gasteiger charge is 2.18. The molecule has 0 amide bonds. The first-order valence-corrected chi connectivity index (χ1v) is 14.1. The average Bonchev–Trinajstić information content (AvgIpc) is 3.41. The van der Waals surface area contributed by atoms with Crippen molar-refractivity contribution in [3.8, 4) is 22.9 Å². The summed E-state index contributed by atoms with van der Waals surface area (Å²) in [6, 6.07) is 16.6. The molecule has 0 spiro atoms. The first-order valence-electron chi connectivity index (χ1n) is 13.2. The van der Waals surface area contributed by atoms with Gasteiger partial charge < -0.3 is 20.3 Å². The monoisotopic (exact) mass is 537 g/mol. The Labute approximate surface area is 232 Å². The minimum atomic E-state index is 0.317. The van der Waals surface area contributed by atoms with Gasteiger partial charge in [-0.15, -0.1) is 11.3 Å². The number of nitrogens with zero attached hydrogens (tertiary/aromatic N) is 5. The number of hydrogen-bond acceptors (Lipinski definition) is 9. The Balaban J connectivity index is 1.35. The van der Waals surface area contributed by atoms with Crippen molar-refractivity contribution in [1.82, 2.24) is 25.3 Å². The fraction of sp³-hybridized carbons (Fsp3) is 0.267. The Kier molecular flexibility index (Phi) is 7.08. The van der Waals surface area contributed by atoms with Crippen molar-refractivity contribution in [3.05, 3.63) is 76.9 Å². The number of benzene rings is 2. The van der Waals surface area contributed by atoms with Gasteiger partial charge in [-0.3, -0.25) is 0 Å². The maximum atomic E-state index is 6.61. The van der Waals surface area contributed by atoms with Crippen molar-refractivity contribution in [2.75, 3.05) is 30.4 Å². The second-order valence-corrected chi connectivity index (χ2v) is 10.8. The molecule has 1 aliphatic rings. The molecule has 1 atom stereocenters. The molecule has 39 heavy (non-hydrogen) atoms. The molecular formula is C30H31N7OS. The summed E-state index contributed by atoms with van der Waals surface area (Å²) in [5, 5.41) is 12.1. The maximum absolute atomic E-state index is 6.61. The standard InChI is InChI=1S/C30H31N7OS/c1-19-11-12-22-23(8-4-10-26(22)37(3)27-18-39-20(2)34-27)28(19)38-29-24(9-6-15-32-29)25-13-16-33-30(36-25)35-21-7-5-14-31-17-21/h4,6,8-13,15-16,18,21,31H,5,7,14,17H2,1-3H3,(H,33,35,36)/t21-/m0/s1. The van der Waals surface area contributed by atoms with E-state index >= 15 is 0 Å². The van der Waals surface area contributed by atoms with Gasteiger partial charge in [0.1, 0.15) is 11.6 Å². The lowest BCUT2D eigenvalue weighted by atomic mass is 10.0. The van der Waals surface area contributed by atoms with Gasteiger partial charge in [0.15, 0.2) is 0 Å². The van der Waals surface area contributed by atoms with Crippen LogP contribution in [0.25, 0.3) is 22.0 Å². The van der Waals surface area contributed by atoms with E-state index in [0.29, 0.717) is 17.9 Å². The molecule has 1 fully saturated rings. The van der Waals surface area contributed by atoms with Crippen LogP contribution in [0.2, 0.25) is 0 Å². The fourth-order valence-electron chi connectivity index (χ4n) is 4.98. The number of hydrogen-bond donors (Lipinski definition) is 2. The van der Waals surface area contributed by atoms with Gasteiger partial charge in [-0.1, -0.05) is 24.3 Å². The van der Waals surface area contributed by atoms with Crippen LogP contribution in [-0.2, 0) is 0 Å². The van der Waals surface area contributed by atoms with Crippen LogP contribution in [-0.4, -0.2) is 46.1 Å². The van der Waals surface area contributed by atoms with Gasteiger partial charge in [0.25, 0.3) is 0 Å². The molecule has 2 N–H and O–H groups in total. The first kappa shape index (κ1) is 25.2. The van der Waals surface area contributed by atoms with E-state index in [9.17, 15) is 0 Å². The number of aryl methyl sites for hydroxylation is 2. The van der Waals surface area contributed by atoms with Gasteiger partial charge in [-0.25, -0.2) is 19.9 Å². The highest BCUT2D eigenvalue weighted by atomic mass is 32.1. The molecular weight excluding hydrogens is 506 g/mol. The summed E-state index contributed by atoms with van der Waals surface area (Å²) in [6.07, 6.45) is 5.77. The minimum Gasteiger partial charge on any atom is -0.437 e. The van der Waals surface area contributed by atoms with Gasteiger partial charge in [0.05, 0.1) is 22.0 Å². The quantitative estimate of drug-likeness (QED) is 0.244. The first-order chi connectivity index (χ1) is 19.1.